The lowest BCUT2D eigenvalue weighted by Gasteiger charge is -2.27. The molecule has 0 saturated carbocycles. The minimum absolute atomic E-state index is 0.362. The van der Waals surface area contributed by atoms with E-state index in [1.54, 1.807) is 0 Å². The number of carbonyl (C=O) groups excluding carboxylic acids is 1. The Labute approximate surface area is 373 Å². The molecule has 0 aliphatic carbocycles. The summed E-state index contributed by atoms with van der Waals surface area (Å²) in [5.41, 5.74) is 0. The van der Waals surface area contributed by atoms with Crippen molar-refractivity contribution in [1.82, 2.24) is 5.32 Å². The summed E-state index contributed by atoms with van der Waals surface area (Å²) in [6.45, 7) is 4.05. The van der Waals surface area contributed by atoms with Crippen molar-refractivity contribution >= 4 is 5.91 Å². The van der Waals surface area contributed by atoms with E-state index in [1.165, 1.54) is 186 Å². The van der Waals surface area contributed by atoms with E-state index in [2.05, 4.69) is 55.6 Å². The minimum atomic E-state index is -1.29. The number of allylic oxidation sites excluding steroid dienone is 6. The van der Waals surface area contributed by atoms with Gasteiger partial charge in [-0.1, -0.05) is 243 Å². The second kappa shape index (κ2) is 48.6. The topological polar surface area (TPSA) is 110 Å². The van der Waals surface area contributed by atoms with Gasteiger partial charge in [-0.15, -0.1) is 0 Å². The van der Waals surface area contributed by atoms with Gasteiger partial charge in [0.2, 0.25) is 5.91 Å². The molecule has 0 aromatic carbocycles. The molecule has 0 spiro atoms. The van der Waals surface area contributed by atoms with E-state index >= 15 is 0 Å². The van der Waals surface area contributed by atoms with Gasteiger partial charge in [-0.25, -0.2) is 0 Å². The average molecular weight is 846 g/mol. The molecular weight excluding hydrogens is 743 g/mol. The molecule has 0 bridgehead atoms. The Morgan fingerprint density at radius 1 is 0.400 bits per heavy atom. The van der Waals surface area contributed by atoms with Crippen LogP contribution in [0.25, 0.3) is 0 Å². The zero-order valence-corrected chi connectivity index (χ0v) is 40.0. The van der Waals surface area contributed by atoms with Gasteiger partial charge in [0.05, 0.1) is 18.8 Å². The van der Waals surface area contributed by atoms with Crippen LogP contribution in [0.3, 0.4) is 0 Å². The highest BCUT2D eigenvalue weighted by Crippen LogP contribution is 2.17. The number of rotatable bonds is 48. The summed E-state index contributed by atoms with van der Waals surface area (Å²) in [7, 11) is 0. The van der Waals surface area contributed by atoms with Crippen molar-refractivity contribution in [2.75, 3.05) is 6.61 Å². The van der Waals surface area contributed by atoms with Gasteiger partial charge in [-0.2, -0.15) is 0 Å². The van der Waals surface area contributed by atoms with Crippen LogP contribution < -0.4 is 5.32 Å². The SMILES string of the molecule is CCCCCCCC/C=C/CC/C=C/CC/C=C/CCCC(O)C(O)C(CO)NC(=O)C(O)CCCCCCCCCCCCCCCCCCCCCCCCCCC. The van der Waals surface area contributed by atoms with Gasteiger partial charge >= 0.3 is 0 Å². The number of carbonyl (C=O) groups is 1. The molecule has 0 aliphatic rings. The Morgan fingerprint density at radius 2 is 0.700 bits per heavy atom. The van der Waals surface area contributed by atoms with Gasteiger partial charge in [0.25, 0.3) is 0 Å². The van der Waals surface area contributed by atoms with Gasteiger partial charge in [0.1, 0.15) is 12.2 Å². The second-order valence-electron chi connectivity index (χ2n) is 18.2. The van der Waals surface area contributed by atoms with Crippen LogP contribution in [0.2, 0.25) is 0 Å². The van der Waals surface area contributed by atoms with Gasteiger partial charge in [-0.05, 0) is 64.2 Å². The van der Waals surface area contributed by atoms with Crippen LogP contribution in [0.15, 0.2) is 36.5 Å². The highest BCUT2D eigenvalue weighted by atomic mass is 16.3. The van der Waals surface area contributed by atoms with Crippen LogP contribution in [0.1, 0.15) is 271 Å². The Hall–Kier alpha value is -1.47. The molecule has 0 aromatic heterocycles. The first-order valence-corrected chi connectivity index (χ1v) is 26.4. The van der Waals surface area contributed by atoms with Crippen molar-refractivity contribution in [2.45, 2.75) is 295 Å². The lowest BCUT2D eigenvalue weighted by molar-refractivity contribution is -0.132. The lowest BCUT2D eigenvalue weighted by Crippen LogP contribution is -2.53. The predicted molar refractivity (Wildman–Crippen MR) is 260 cm³/mol. The summed E-state index contributed by atoms with van der Waals surface area (Å²) >= 11 is 0. The van der Waals surface area contributed by atoms with E-state index in [1.807, 2.05) is 0 Å². The zero-order valence-electron chi connectivity index (χ0n) is 40.0. The number of unbranched alkanes of at least 4 members (excludes halogenated alkanes) is 33. The van der Waals surface area contributed by atoms with Crippen molar-refractivity contribution in [2.24, 2.45) is 0 Å². The highest BCUT2D eigenvalue weighted by molar-refractivity contribution is 5.80. The molecule has 0 fully saturated rings. The van der Waals surface area contributed by atoms with E-state index in [0.29, 0.717) is 19.3 Å². The standard InChI is InChI=1S/C54H103NO5/c1-3-5-7-9-11-13-15-17-19-21-23-24-25-26-27-28-30-32-34-36-38-40-42-44-46-48-52(58)54(60)55-50(49-56)53(59)51(57)47-45-43-41-39-37-35-33-31-29-22-20-18-16-14-12-10-8-6-4-2/h18,20,31,33,39,41,50-53,56-59H,3-17,19,21-30,32,34-38,40,42-49H2,1-2H3,(H,55,60)/b20-18+,33-31+,41-39+. The van der Waals surface area contributed by atoms with Crippen molar-refractivity contribution in [3.63, 3.8) is 0 Å². The molecule has 4 unspecified atom stereocenters. The highest BCUT2D eigenvalue weighted by Gasteiger charge is 2.28. The third kappa shape index (κ3) is 41.9. The molecule has 1 amide bonds. The third-order valence-electron chi connectivity index (χ3n) is 12.3. The summed E-state index contributed by atoms with van der Waals surface area (Å²) < 4.78 is 0. The van der Waals surface area contributed by atoms with E-state index in [-0.39, 0.29) is 0 Å². The number of hydrogen-bond donors (Lipinski definition) is 5. The lowest BCUT2D eigenvalue weighted by atomic mass is 10.00. The maximum atomic E-state index is 12.6. The van der Waals surface area contributed by atoms with Crippen LogP contribution in [-0.4, -0.2) is 57.3 Å². The van der Waals surface area contributed by atoms with E-state index in [0.717, 1.165) is 51.4 Å². The molecule has 6 nitrogen and oxygen atoms in total. The number of amides is 1. The molecule has 0 heterocycles. The maximum absolute atomic E-state index is 12.6. The van der Waals surface area contributed by atoms with Crippen molar-refractivity contribution in [3.8, 4) is 0 Å². The molecule has 60 heavy (non-hydrogen) atoms. The number of aliphatic hydroxyl groups excluding tert-OH is 4. The zero-order chi connectivity index (χ0) is 43.8. The second-order valence-corrected chi connectivity index (χ2v) is 18.2. The molecule has 0 radical (unpaired) electrons. The normalized spacial score (nSPS) is 14.2. The van der Waals surface area contributed by atoms with Crippen LogP contribution in [0.5, 0.6) is 0 Å². The molecular formula is C54H103NO5. The summed E-state index contributed by atoms with van der Waals surface area (Å²) in [6, 6.07) is -1.01. The Kier molecular flexibility index (Phi) is 47.4. The molecule has 6 heteroatoms. The van der Waals surface area contributed by atoms with Gasteiger partial charge < -0.3 is 25.7 Å². The fraction of sp³-hybridized carbons (Fsp3) is 0.870. The van der Waals surface area contributed by atoms with E-state index in [9.17, 15) is 25.2 Å². The average Bonchev–Trinajstić information content (AvgIpc) is 3.25. The molecule has 0 saturated heterocycles. The number of nitrogens with one attached hydrogen (secondary N) is 1. The summed E-state index contributed by atoms with van der Waals surface area (Å²) in [6.07, 6.45) is 59.1. The molecule has 5 N–H and O–H groups in total. The molecule has 0 aliphatic heterocycles. The van der Waals surface area contributed by atoms with Crippen LogP contribution in [0.4, 0.5) is 0 Å². The van der Waals surface area contributed by atoms with Crippen molar-refractivity contribution in [1.29, 1.82) is 0 Å². The fourth-order valence-corrected chi connectivity index (χ4v) is 8.14. The first kappa shape index (κ1) is 58.5. The fourth-order valence-electron chi connectivity index (χ4n) is 8.14. The van der Waals surface area contributed by atoms with E-state index in [4.69, 9.17) is 0 Å². The van der Waals surface area contributed by atoms with Crippen LogP contribution in [-0.2, 0) is 4.79 Å². The van der Waals surface area contributed by atoms with Crippen LogP contribution >= 0.6 is 0 Å². The van der Waals surface area contributed by atoms with Crippen molar-refractivity contribution in [3.05, 3.63) is 36.5 Å². The quantitative estimate of drug-likeness (QED) is 0.0309. The number of hydrogen-bond acceptors (Lipinski definition) is 5. The first-order valence-electron chi connectivity index (χ1n) is 26.4. The van der Waals surface area contributed by atoms with E-state index < -0.39 is 36.9 Å². The predicted octanol–water partition coefficient (Wildman–Crippen LogP) is 14.9. The summed E-state index contributed by atoms with van der Waals surface area (Å²) in [5, 5.41) is 43.8. The molecule has 354 valence electrons. The Morgan fingerprint density at radius 3 is 1.05 bits per heavy atom. The monoisotopic (exact) mass is 846 g/mol. The smallest absolute Gasteiger partial charge is 0.249 e. The number of aliphatic hydroxyl groups is 4. The van der Waals surface area contributed by atoms with Gasteiger partial charge in [0.15, 0.2) is 0 Å². The summed E-state index contributed by atoms with van der Waals surface area (Å²) in [4.78, 5) is 12.6. The van der Waals surface area contributed by atoms with Gasteiger partial charge in [-0.3, -0.25) is 4.79 Å². The summed E-state index contributed by atoms with van der Waals surface area (Å²) in [5.74, 6) is -0.596. The molecule has 4 atom stereocenters. The Balaban J connectivity index is 3.69. The Bertz CT molecular complexity index is 950. The minimum Gasteiger partial charge on any atom is -0.394 e. The van der Waals surface area contributed by atoms with Gasteiger partial charge in [0, 0.05) is 0 Å². The largest absolute Gasteiger partial charge is 0.394 e. The molecule has 0 aromatic rings. The molecule has 0 rings (SSSR count). The van der Waals surface area contributed by atoms with Crippen LogP contribution in [0, 0.1) is 0 Å². The van der Waals surface area contributed by atoms with Crippen molar-refractivity contribution < 1.29 is 25.2 Å². The maximum Gasteiger partial charge on any atom is 0.249 e. The third-order valence-corrected chi connectivity index (χ3v) is 12.3. The first-order chi connectivity index (χ1) is 29.5.